The van der Waals surface area contributed by atoms with Gasteiger partial charge in [0.1, 0.15) is 0 Å². The Bertz CT molecular complexity index is 228. The lowest BCUT2D eigenvalue weighted by Crippen LogP contribution is -1.96. The van der Waals surface area contributed by atoms with Crippen LogP contribution in [0, 0.1) is 0 Å². The Morgan fingerprint density at radius 2 is 2.36 bits per heavy atom. The Morgan fingerprint density at radius 1 is 1.64 bits per heavy atom. The van der Waals surface area contributed by atoms with Crippen molar-refractivity contribution < 1.29 is 4.42 Å². The average molecular weight is 237 g/mol. The van der Waals surface area contributed by atoms with Crippen molar-refractivity contribution in [2.75, 3.05) is 12.0 Å². The molecule has 62 valence electrons. The molecule has 0 N–H and O–H groups in total. The summed E-state index contributed by atoms with van der Waals surface area (Å²) in [7, 11) is 0. The van der Waals surface area contributed by atoms with E-state index in [4.69, 9.17) is 4.42 Å². The van der Waals surface area contributed by atoms with Crippen LogP contribution in [0.1, 0.15) is 18.7 Å². The largest absolute Gasteiger partial charge is 0.415 e. The lowest BCUT2D eigenvalue weighted by molar-refractivity contribution is 0.453. The molecule has 0 bridgehead atoms. The zero-order valence-electron chi connectivity index (χ0n) is 6.37. The van der Waals surface area contributed by atoms with Crippen LogP contribution in [0.25, 0.3) is 0 Å². The van der Waals surface area contributed by atoms with E-state index in [0.717, 1.165) is 5.75 Å². The van der Waals surface area contributed by atoms with Gasteiger partial charge in [-0.25, -0.2) is 0 Å². The predicted molar refractivity (Wildman–Crippen MR) is 48.8 cm³/mol. The van der Waals surface area contributed by atoms with Crippen molar-refractivity contribution in [1.82, 2.24) is 10.2 Å². The molecule has 0 fully saturated rings. The first-order valence-electron chi connectivity index (χ1n) is 3.22. The van der Waals surface area contributed by atoms with Gasteiger partial charge >= 0.3 is 0 Å². The number of thioether (sulfide) groups is 1. The molecule has 0 aromatic carbocycles. The highest BCUT2D eigenvalue weighted by molar-refractivity contribution is 9.10. The first kappa shape index (κ1) is 9.06. The van der Waals surface area contributed by atoms with Gasteiger partial charge in [0.15, 0.2) is 0 Å². The van der Waals surface area contributed by atoms with E-state index >= 15 is 0 Å². The zero-order valence-corrected chi connectivity index (χ0v) is 8.78. The van der Waals surface area contributed by atoms with Crippen molar-refractivity contribution >= 4 is 27.7 Å². The summed E-state index contributed by atoms with van der Waals surface area (Å²) < 4.78 is 5.18. The van der Waals surface area contributed by atoms with Gasteiger partial charge in [-0.2, -0.15) is 11.8 Å². The van der Waals surface area contributed by atoms with Crippen molar-refractivity contribution in [3.63, 3.8) is 0 Å². The summed E-state index contributed by atoms with van der Waals surface area (Å²) in [5.74, 6) is 2.05. The fourth-order valence-corrected chi connectivity index (χ4v) is 1.62. The van der Waals surface area contributed by atoms with E-state index in [1.807, 2.05) is 0 Å². The van der Waals surface area contributed by atoms with Crippen LogP contribution in [-0.2, 0) is 0 Å². The molecule has 0 aliphatic rings. The molecule has 0 saturated heterocycles. The molecule has 1 aromatic rings. The second-order valence-corrected chi connectivity index (χ2v) is 3.84. The number of halogens is 1. The molecule has 1 aromatic heterocycles. The maximum Gasteiger partial charge on any atom is 0.284 e. The van der Waals surface area contributed by atoms with Gasteiger partial charge in [0, 0.05) is 27.6 Å². The Labute approximate surface area is 78.1 Å². The first-order chi connectivity index (χ1) is 5.24. The molecule has 0 aliphatic heterocycles. The van der Waals surface area contributed by atoms with Crippen molar-refractivity contribution in [3.05, 3.63) is 10.7 Å². The van der Waals surface area contributed by atoms with Gasteiger partial charge < -0.3 is 4.42 Å². The number of hydrogen-bond donors (Lipinski definition) is 0. The van der Waals surface area contributed by atoms with Gasteiger partial charge in [0.2, 0.25) is 5.89 Å². The normalized spacial score (nSPS) is 13.4. The summed E-state index contributed by atoms with van der Waals surface area (Å²) in [6.07, 6.45) is 2.06. The molecule has 1 unspecified atom stereocenters. The van der Waals surface area contributed by atoms with Crippen molar-refractivity contribution in [2.24, 2.45) is 0 Å². The quantitative estimate of drug-likeness (QED) is 0.808. The van der Waals surface area contributed by atoms with Crippen LogP contribution in [0.4, 0.5) is 0 Å². The van der Waals surface area contributed by atoms with Crippen molar-refractivity contribution in [3.8, 4) is 0 Å². The zero-order chi connectivity index (χ0) is 8.27. The smallest absolute Gasteiger partial charge is 0.284 e. The standard InChI is InChI=1S/C6H9BrN2OS/c1-4(3-11-2)5-8-9-6(7)10-5/h4H,3H2,1-2H3. The third-order valence-corrected chi connectivity index (χ3v) is 2.41. The fraction of sp³-hybridized carbons (Fsp3) is 0.667. The maximum absolute atomic E-state index is 5.18. The third-order valence-electron chi connectivity index (χ3n) is 1.25. The summed E-state index contributed by atoms with van der Waals surface area (Å²) in [5, 5.41) is 7.57. The van der Waals surface area contributed by atoms with Gasteiger partial charge in [0.25, 0.3) is 4.80 Å². The number of aromatic nitrogens is 2. The monoisotopic (exact) mass is 236 g/mol. The minimum absolute atomic E-state index is 0.337. The SMILES string of the molecule is CSCC(C)c1nnc(Br)o1. The van der Waals surface area contributed by atoms with Gasteiger partial charge in [-0.05, 0) is 6.26 Å². The molecule has 0 spiro atoms. The van der Waals surface area contributed by atoms with E-state index in [2.05, 4.69) is 39.3 Å². The van der Waals surface area contributed by atoms with E-state index in [1.165, 1.54) is 0 Å². The van der Waals surface area contributed by atoms with Crippen molar-refractivity contribution in [1.29, 1.82) is 0 Å². The minimum atomic E-state index is 0.337. The third kappa shape index (κ3) is 2.48. The Morgan fingerprint density at radius 3 is 2.82 bits per heavy atom. The number of hydrogen-bond acceptors (Lipinski definition) is 4. The highest BCUT2D eigenvalue weighted by Gasteiger charge is 2.11. The van der Waals surface area contributed by atoms with E-state index < -0.39 is 0 Å². The van der Waals surface area contributed by atoms with E-state index in [1.54, 1.807) is 11.8 Å². The van der Waals surface area contributed by atoms with Gasteiger partial charge in [-0.15, -0.1) is 10.2 Å². The van der Waals surface area contributed by atoms with E-state index in [0.29, 0.717) is 16.6 Å². The average Bonchev–Trinajstić information content (AvgIpc) is 2.36. The molecule has 0 saturated carbocycles. The minimum Gasteiger partial charge on any atom is -0.415 e. The summed E-state index contributed by atoms with van der Waals surface area (Å²) in [6, 6.07) is 0. The molecular formula is C6H9BrN2OS. The van der Waals surface area contributed by atoms with Crippen LogP contribution in [0.2, 0.25) is 0 Å². The molecule has 1 rings (SSSR count). The summed E-state index contributed by atoms with van der Waals surface area (Å²) in [6.45, 7) is 2.07. The highest BCUT2D eigenvalue weighted by Crippen LogP contribution is 2.19. The van der Waals surface area contributed by atoms with Crippen LogP contribution in [0.15, 0.2) is 9.22 Å². The van der Waals surface area contributed by atoms with Gasteiger partial charge in [-0.3, -0.25) is 0 Å². The Kier molecular flexibility index (Phi) is 3.39. The lowest BCUT2D eigenvalue weighted by atomic mass is 10.2. The van der Waals surface area contributed by atoms with Crippen molar-refractivity contribution in [2.45, 2.75) is 12.8 Å². The topological polar surface area (TPSA) is 38.9 Å². The molecule has 1 atom stereocenters. The first-order valence-corrected chi connectivity index (χ1v) is 5.40. The molecule has 3 nitrogen and oxygen atoms in total. The molecule has 0 radical (unpaired) electrons. The molecule has 5 heteroatoms. The molecule has 0 aliphatic carbocycles. The van der Waals surface area contributed by atoms with E-state index in [-0.39, 0.29) is 0 Å². The van der Waals surface area contributed by atoms with Crippen LogP contribution in [0.3, 0.4) is 0 Å². The van der Waals surface area contributed by atoms with Crippen LogP contribution >= 0.6 is 27.7 Å². The second-order valence-electron chi connectivity index (χ2n) is 2.25. The van der Waals surface area contributed by atoms with Gasteiger partial charge in [-0.1, -0.05) is 6.92 Å². The molecular weight excluding hydrogens is 228 g/mol. The number of rotatable bonds is 3. The van der Waals surface area contributed by atoms with E-state index in [9.17, 15) is 0 Å². The fourth-order valence-electron chi connectivity index (χ4n) is 0.736. The molecule has 1 heterocycles. The predicted octanol–water partition coefficient (Wildman–Crippen LogP) is 2.30. The Hall–Kier alpha value is -0.0300. The maximum atomic E-state index is 5.18. The van der Waals surface area contributed by atoms with Crippen LogP contribution < -0.4 is 0 Å². The summed E-state index contributed by atoms with van der Waals surface area (Å²) in [4.78, 5) is 0.459. The molecule has 0 amide bonds. The molecule has 11 heavy (non-hydrogen) atoms. The lowest BCUT2D eigenvalue weighted by Gasteiger charge is -2.01. The van der Waals surface area contributed by atoms with Crippen LogP contribution in [-0.4, -0.2) is 22.2 Å². The van der Waals surface area contributed by atoms with Gasteiger partial charge in [0.05, 0.1) is 0 Å². The summed E-state index contributed by atoms with van der Waals surface area (Å²) in [5.41, 5.74) is 0. The highest BCUT2D eigenvalue weighted by atomic mass is 79.9. The second kappa shape index (κ2) is 4.11. The Balaban J connectivity index is 2.60. The number of nitrogens with zero attached hydrogens (tertiary/aromatic N) is 2. The van der Waals surface area contributed by atoms with Crippen LogP contribution in [0.5, 0.6) is 0 Å². The summed E-state index contributed by atoms with van der Waals surface area (Å²) >= 11 is 4.88.